The van der Waals surface area contributed by atoms with Gasteiger partial charge in [0.1, 0.15) is 11.6 Å². The fourth-order valence-corrected chi connectivity index (χ4v) is 1.59. The van der Waals surface area contributed by atoms with Gasteiger partial charge < -0.3 is 10.5 Å². The summed E-state index contributed by atoms with van der Waals surface area (Å²) in [5.74, 6) is 0.264. The van der Waals surface area contributed by atoms with Crippen LogP contribution in [-0.4, -0.2) is 10.8 Å². The van der Waals surface area contributed by atoms with Gasteiger partial charge in [0.15, 0.2) is 0 Å². The van der Waals surface area contributed by atoms with E-state index >= 15 is 0 Å². The van der Waals surface area contributed by atoms with Crippen LogP contribution in [-0.2, 0) is 0 Å². The molecule has 0 aliphatic carbocycles. The van der Waals surface area contributed by atoms with Gasteiger partial charge in [0.25, 0.3) is 0 Å². The molecule has 0 aromatic heterocycles. The van der Waals surface area contributed by atoms with Gasteiger partial charge in [0.05, 0.1) is 10.5 Å². The third-order valence-electron chi connectivity index (χ3n) is 2.46. The summed E-state index contributed by atoms with van der Waals surface area (Å²) in [5, 5.41) is 18.3. The summed E-state index contributed by atoms with van der Waals surface area (Å²) in [5.41, 5.74) is 5.69. The van der Waals surface area contributed by atoms with E-state index in [4.69, 9.17) is 15.9 Å². The summed E-state index contributed by atoms with van der Waals surface area (Å²) in [7, 11) is 0. The summed E-state index contributed by atoms with van der Waals surface area (Å²) in [6.45, 7) is 0. The number of nitrogen functional groups attached to an aromatic ring is 1. The summed E-state index contributed by atoms with van der Waals surface area (Å²) in [6.07, 6.45) is 0. The molecule has 104 valence electrons. The van der Waals surface area contributed by atoms with Gasteiger partial charge in [-0.15, -0.1) is 12.4 Å². The highest BCUT2D eigenvalue weighted by Gasteiger charge is 2.16. The number of rotatable bonds is 4. The molecular formula is C13H12ClN3O3. The van der Waals surface area contributed by atoms with E-state index < -0.39 is 4.92 Å². The van der Waals surface area contributed by atoms with Crippen molar-refractivity contribution in [3.8, 4) is 11.5 Å². The molecule has 0 saturated heterocycles. The van der Waals surface area contributed by atoms with Crippen molar-refractivity contribution in [3.63, 3.8) is 0 Å². The zero-order valence-electron chi connectivity index (χ0n) is 10.3. The van der Waals surface area contributed by atoms with E-state index in [1.165, 1.54) is 12.1 Å². The van der Waals surface area contributed by atoms with E-state index in [0.717, 1.165) is 0 Å². The number of nitrogens with one attached hydrogen (secondary N) is 1. The van der Waals surface area contributed by atoms with Gasteiger partial charge in [0, 0.05) is 6.07 Å². The number of hydrogen-bond donors (Lipinski definition) is 2. The second-order valence-electron chi connectivity index (χ2n) is 3.74. The van der Waals surface area contributed by atoms with Crippen molar-refractivity contribution < 1.29 is 9.66 Å². The van der Waals surface area contributed by atoms with E-state index in [1.54, 1.807) is 36.4 Å². The fraction of sp³-hybridized carbons (Fsp3) is 0. The number of nitrogens with two attached hydrogens (primary N) is 1. The van der Waals surface area contributed by atoms with E-state index in [2.05, 4.69) is 0 Å². The molecule has 3 N–H and O–H groups in total. The lowest BCUT2D eigenvalue weighted by molar-refractivity contribution is -0.385. The van der Waals surface area contributed by atoms with Gasteiger partial charge in [-0.3, -0.25) is 15.5 Å². The highest BCUT2D eigenvalue weighted by molar-refractivity contribution is 5.97. The molecule has 2 aromatic rings. The number of nitrogens with zero attached hydrogens (tertiary/aromatic N) is 1. The Morgan fingerprint density at radius 1 is 1.10 bits per heavy atom. The van der Waals surface area contributed by atoms with Gasteiger partial charge in [-0.2, -0.15) is 0 Å². The molecule has 20 heavy (non-hydrogen) atoms. The highest BCUT2D eigenvalue weighted by Crippen LogP contribution is 2.32. The lowest BCUT2D eigenvalue weighted by atomic mass is 10.2. The molecule has 0 radical (unpaired) electrons. The molecule has 0 fully saturated rings. The number of halogens is 1. The van der Waals surface area contributed by atoms with E-state index in [0.29, 0.717) is 11.3 Å². The van der Waals surface area contributed by atoms with Crippen LogP contribution in [0.2, 0.25) is 0 Å². The Labute approximate surface area is 121 Å². The minimum absolute atomic E-state index is 0. The van der Waals surface area contributed by atoms with Crippen molar-refractivity contribution >= 4 is 23.9 Å². The number of ether oxygens (including phenoxy) is 1. The number of hydrogen-bond acceptors (Lipinski definition) is 4. The van der Waals surface area contributed by atoms with Crippen LogP contribution >= 0.6 is 12.4 Å². The van der Waals surface area contributed by atoms with Crippen molar-refractivity contribution in [3.05, 3.63) is 64.2 Å². The predicted octanol–water partition coefficient (Wildman–Crippen LogP) is 3.09. The average molecular weight is 294 g/mol. The SMILES string of the molecule is Cl.N=C(N)c1ccccc1Oc1ccccc1[N+](=O)[O-]. The Balaban J connectivity index is 0.00000200. The number of para-hydroxylation sites is 3. The van der Waals surface area contributed by atoms with Crippen LogP contribution in [0.3, 0.4) is 0 Å². The molecule has 0 heterocycles. The highest BCUT2D eigenvalue weighted by atomic mass is 35.5. The molecule has 7 heteroatoms. The van der Waals surface area contributed by atoms with Gasteiger partial charge >= 0.3 is 5.69 Å². The first-order valence-electron chi connectivity index (χ1n) is 5.44. The molecule has 0 unspecified atom stereocenters. The molecule has 0 amide bonds. The number of amidine groups is 1. The maximum Gasteiger partial charge on any atom is 0.311 e. The Kier molecular flexibility index (Phi) is 5.05. The van der Waals surface area contributed by atoms with Crippen LogP contribution in [0.5, 0.6) is 11.5 Å². The minimum atomic E-state index is -0.522. The van der Waals surface area contributed by atoms with Gasteiger partial charge in [-0.05, 0) is 18.2 Å². The minimum Gasteiger partial charge on any atom is -0.449 e. The van der Waals surface area contributed by atoms with Gasteiger partial charge in [0.2, 0.25) is 5.75 Å². The molecule has 6 nitrogen and oxygen atoms in total. The third-order valence-corrected chi connectivity index (χ3v) is 2.46. The number of benzene rings is 2. The van der Waals surface area contributed by atoms with Crippen molar-refractivity contribution in [1.29, 1.82) is 5.41 Å². The van der Waals surface area contributed by atoms with Crippen LogP contribution in [0, 0.1) is 15.5 Å². The Bertz CT molecular complexity index is 591. The Morgan fingerprint density at radius 3 is 2.25 bits per heavy atom. The second-order valence-corrected chi connectivity index (χ2v) is 3.74. The molecular weight excluding hydrogens is 282 g/mol. The first-order valence-corrected chi connectivity index (χ1v) is 5.44. The molecule has 0 saturated carbocycles. The van der Waals surface area contributed by atoms with Crippen LogP contribution in [0.4, 0.5) is 5.69 Å². The average Bonchev–Trinajstić information content (AvgIpc) is 2.39. The first-order chi connectivity index (χ1) is 9.09. The summed E-state index contributed by atoms with van der Waals surface area (Å²) >= 11 is 0. The summed E-state index contributed by atoms with van der Waals surface area (Å²) < 4.78 is 5.50. The molecule has 0 aliphatic heterocycles. The monoisotopic (exact) mass is 293 g/mol. The zero-order valence-corrected chi connectivity index (χ0v) is 11.1. The third kappa shape index (κ3) is 3.24. The maximum atomic E-state index is 10.9. The van der Waals surface area contributed by atoms with Crippen molar-refractivity contribution in [2.75, 3.05) is 0 Å². The van der Waals surface area contributed by atoms with Gasteiger partial charge in [-0.25, -0.2) is 0 Å². The van der Waals surface area contributed by atoms with Crippen LogP contribution in [0.25, 0.3) is 0 Å². The van der Waals surface area contributed by atoms with Crippen LogP contribution in [0.1, 0.15) is 5.56 Å². The van der Waals surface area contributed by atoms with Crippen LogP contribution < -0.4 is 10.5 Å². The van der Waals surface area contributed by atoms with Gasteiger partial charge in [-0.1, -0.05) is 24.3 Å². The fourth-order valence-electron chi connectivity index (χ4n) is 1.59. The normalized spacial score (nSPS) is 9.40. The molecule has 0 atom stereocenters. The summed E-state index contributed by atoms with van der Waals surface area (Å²) in [6, 6.07) is 12.7. The molecule has 2 aromatic carbocycles. The molecule has 0 bridgehead atoms. The van der Waals surface area contributed by atoms with E-state index in [9.17, 15) is 10.1 Å². The van der Waals surface area contributed by atoms with E-state index in [-0.39, 0.29) is 29.7 Å². The predicted molar refractivity (Wildman–Crippen MR) is 77.9 cm³/mol. The largest absolute Gasteiger partial charge is 0.449 e. The number of nitro groups is 1. The Morgan fingerprint density at radius 2 is 1.65 bits per heavy atom. The van der Waals surface area contributed by atoms with E-state index in [1.807, 2.05) is 0 Å². The van der Waals surface area contributed by atoms with Crippen molar-refractivity contribution in [2.24, 2.45) is 5.73 Å². The second kappa shape index (κ2) is 6.53. The smallest absolute Gasteiger partial charge is 0.311 e. The quantitative estimate of drug-likeness (QED) is 0.391. The topological polar surface area (TPSA) is 102 Å². The number of nitro benzene ring substituents is 1. The standard InChI is InChI=1S/C13H11N3O3.ClH/c14-13(15)9-5-1-3-7-11(9)19-12-8-4-2-6-10(12)16(17)18;/h1-8H,(H3,14,15);1H. The molecule has 0 spiro atoms. The lowest BCUT2D eigenvalue weighted by Gasteiger charge is -2.09. The summed E-state index contributed by atoms with van der Waals surface area (Å²) in [4.78, 5) is 10.4. The lowest BCUT2D eigenvalue weighted by Crippen LogP contribution is -2.12. The zero-order chi connectivity index (χ0) is 13.8. The Hall–Kier alpha value is -2.60. The maximum absolute atomic E-state index is 10.9. The van der Waals surface area contributed by atoms with Crippen molar-refractivity contribution in [2.45, 2.75) is 0 Å². The first kappa shape index (κ1) is 15.5. The van der Waals surface area contributed by atoms with Crippen LogP contribution in [0.15, 0.2) is 48.5 Å². The molecule has 2 rings (SSSR count). The molecule has 0 aliphatic rings. The van der Waals surface area contributed by atoms with Crippen molar-refractivity contribution in [1.82, 2.24) is 0 Å².